The van der Waals surface area contributed by atoms with Gasteiger partial charge in [0.05, 0.1) is 0 Å². The Kier molecular flexibility index (Phi) is 4.02. The summed E-state index contributed by atoms with van der Waals surface area (Å²) in [5.74, 6) is 0. The molecule has 0 aliphatic heterocycles. The van der Waals surface area contributed by atoms with Crippen molar-refractivity contribution in [1.82, 2.24) is 0 Å². The first kappa shape index (κ1) is 12.4. The second kappa shape index (κ2) is 5.51. The zero-order chi connectivity index (χ0) is 10.8. The summed E-state index contributed by atoms with van der Waals surface area (Å²) >= 11 is -1.41. The standard InChI is InChI=1S/3C4H3O.H3P.Pd/c3*1-2-4-5-3-1;;/h3*1-3H;1H3;. The SMILES string of the molecule is P.c1co[c]([Pd]([c]2ccco2)[c]2ccco2)c1. The summed E-state index contributed by atoms with van der Waals surface area (Å²) in [5.41, 5.74) is 0. The molecule has 3 aromatic rings. The molecule has 3 aromatic heterocycles. The Bertz CT molecular complexity index is 447. The Balaban J connectivity index is 0.00000108. The van der Waals surface area contributed by atoms with E-state index in [-0.39, 0.29) is 9.90 Å². The summed E-state index contributed by atoms with van der Waals surface area (Å²) in [5, 5.41) is 0. The van der Waals surface area contributed by atoms with Gasteiger partial charge in [0.15, 0.2) is 0 Å². The molecular formula is C12H12O3PPd. The first-order valence-electron chi connectivity index (χ1n) is 4.66. The van der Waals surface area contributed by atoms with Crippen LogP contribution in [0, 0.1) is 0 Å². The molecule has 0 aromatic carbocycles. The van der Waals surface area contributed by atoms with E-state index in [0.717, 1.165) is 12.7 Å². The zero-order valence-electron chi connectivity index (χ0n) is 8.94. The Morgan fingerprint density at radius 2 is 1.00 bits per heavy atom. The van der Waals surface area contributed by atoms with Crippen LogP contribution in [0.3, 0.4) is 0 Å². The van der Waals surface area contributed by atoms with Gasteiger partial charge in [0.25, 0.3) is 0 Å². The van der Waals surface area contributed by atoms with E-state index in [0.29, 0.717) is 0 Å². The van der Waals surface area contributed by atoms with E-state index < -0.39 is 16.8 Å². The summed E-state index contributed by atoms with van der Waals surface area (Å²) < 4.78 is 19.2. The summed E-state index contributed by atoms with van der Waals surface area (Å²) in [6.07, 6.45) is 5.03. The fourth-order valence-corrected chi connectivity index (χ4v) is 4.47. The van der Waals surface area contributed by atoms with Crippen LogP contribution in [0.4, 0.5) is 0 Å². The third-order valence-electron chi connectivity index (χ3n) is 1.87. The predicted octanol–water partition coefficient (Wildman–Crippen LogP) is 1.42. The topological polar surface area (TPSA) is 39.4 Å². The molecule has 3 nitrogen and oxygen atoms in total. The van der Waals surface area contributed by atoms with Crippen molar-refractivity contribution in [3.05, 3.63) is 55.2 Å². The van der Waals surface area contributed by atoms with Crippen LogP contribution in [-0.4, -0.2) is 0 Å². The van der Waals surface area contributed by atoms with Gasteiger partial charge in [0.2, 0.25) is 0 Å². The quantitative estimate of drug-likeness (QED) is 0.534. The van der Waals surface area contributed by atoms with Crippen molar-refractivity contribution < 1.29 is 30.0 Å². The van der Waals surface area contributed by atoms with Crippen LogP contribution in [-0.2, 0) is 16.8 Å². The normalized spacial score (nSPS) is 10.9. The van der Waals surface area contributed by atoms with E-state index in [1.54, 1.807) is 18.8 Å². The Labute approximate surface area is 108 Å². The second-order valence-corrected chi connectivity index (χ2v) is 6.36. The van der Waals surface area contributed by atoms with Crippen molar-refractivity contribution >= 4 is 22.6 Å². The average Bonchev–Trinajstić information content (AvgIpc) is 3.02. The van der Waals surface area contributed by atoms with Gasteiger partial charge in [-0.2, -0.15) is 9.90 Å². The zero-order valence-corrected chi connectivity index (χ0v) is 11.9. The molecule has 93 valence electrons. The van der Waals surface area contributed by atoms with Crippen molar-refractivity contribution in [2.45, 2.75) is 0 Å². The van der Waals surface area contributed by atoms with Crippen molar-refractivity contribution in [2.75, 3.05) is 0 Å². The molecule has 0 N–H and O–H groups in total. The van der Waals surface area contributed by atoms with E-state index in [4.69, 9.17) is 13.3 Å². The third-order valence-corrected chi connectivity index (χ3v) is 5.50. The molecular weight excluding hydrogens is 330 g/mol. The number of rotatable bonds is 3. The average molecular weight is 342 g/mol. The van der Waals surface area contributed by atoms with Crippen molar-refractivity contribution in [1.29, 1.82) is 0 Å². The molecule has 0 aliphatic carbocycles. The maximum absolute atomic E-state index is 5.48. The number of furan rings is 3. The Morgan fingerprint density at radius 3 is 1.24 bits per heavy atom. The van der Waals surface area contributed by atoms with Crippen LogP contribution in [0.15, 0.2) is 68.4 Å². The molecule has 3 rings (SSSR count). The van der Waals surface area contributed by atoms with Gasteiger partial charge in [-0.25, -0.2) is 0 Å². The van der Waals surface area contributed by atoms with E-state index in [1.165, 1.54) is 0 Å². The van der Waals surface area contributed by atoms with Crippen LogP contribution in [0.25, 0.3) is 0 Å². The van der Waals surface area contributed by atoms with E-state index >= 15 is 0 Å². The molecule has 0 saturated carbocycles. The summed E-state index contributed by atoms with van der Waals surface area (Å²) in [7, 11) is 0. The van der Waals surface area contributed by atoms with Gasteiger partial charge >= 0.3 is 97.9 Å². The first-order chi connectivity index (χ1) is 7.95. The molecule has 5 heteroatoms. The summed E-state index contributed by atoms with van der Waals surface area (Å²) in [6.45, 7) is 0. The number of hydrogen-bond acceptors (Lipinski definition) is 3. The van der Waals surface area contributed by atoms with Crippen molar-refractivity contribution in [3.63, 3.8) is 0 Å². The van der Waals surface area contributed by atoms with Crippen LogP contribution in [0.1, 0.15) is 0 Å². The van der Waals surface area contributed by atoms with Gasteiger partial charge in [0.1, 0.15) is 0 Å². The van der Waals surface area contributed by atoms with Crippen LogP contribution in [0.5, 0.6) is 0 Å². The van der Waals surface area contributed by atoms with Crippen LogP contribution >= 0.6 is 9.90 Å². The van der Waals surface area contributed by atoms with Gasteiger partial charge in [0, 0.05) is 0 Å². The van der Waals surface area contributed by atoms with Gasteiger partial charge < -0.3 is 0 Å². The third kappa shape index (κ3) is 2.45. The molecule has 0 radical (unpaired) electrons. The molecule has 0 amide bonds. The molecule has 3 heterocycles. The molecule has 0 bridgehead atoms. The minimum atomic E-state index is -1.41. The van der Waals surface area contributed by atoms with E-state index in [2.05, 4.69) is 0 Å². The monoisotopic (exact) mass is 341 g/mol. The maximum atomic E-state index is 5.48. The fraction of sp³-hybridized carbons (Fsp3) is 0. The summed E-state index contributed by atoms with van der Waals surface area (Å²) in [6, 6.07) is 11.5. The fourth-order valence-electron chi connectivity index (χ4n) is 1.25. The van der Waals surface area contributed by atoms with Crippen LogP contribution in [0.2, 0.25) is 0 Å². The number of hydrogen-bond donors (Lipinski definition) is 0. The van der Waals surface area contributed by atoms with E-state index in [1.807, 2.05) is 36.4 Å². The summed E-state index contributed by atoms with van der Waals surface area (Å²) in [4.78, 5) is 0. The second-order valence-electron chi connectivity index (χ2n) is 2.90. The van der Waals surface area contributed by atoms with Gasteiger partial charge in [-0.05, 0) is 0 Å². The molecule has 0 fully saturated rings. The van der Waals surface area contributed by atoms with E-state index in [9.17, 15) is 0 Å². The van der Waals surface area contributed by atoms with Gasteiger partial charge in [-0.15, -0.1) is 0 Å². The molecule has 1 unspecified atom stereocenters. The van der Waals surface area contributed by atoms with Crippen LogP contribution < -0.4 is 12.7 Å². The molecule has 1 atom stereocenters. The molecule has 0 saturated heterocycles. The molecule has 0 spiro atoms. The predicted molar refractivity (Wildman–Crippen MR) is 66.1 cm³/mol. The Morgan fingerprint density at radius 1 is 0.647 bits per heavy atom. The molecule has 17 heavy (non-hydrogen) atoms. The van der Waals surface area contributed by atoms with Gasteiger partial charge in [-0.1, -0.05) is 0 Å². The van der Waals surface area contributed by atoms with Gasteiger partial charge in [-0.3, -0.25) is 0 Å². The van der Waals surface area contributed by atoms with Crippen molar-refractivity contribution in [2.24, 2.45) is 0 Å². The first-order valence-corrected chi connectivity index (χ1v) is 6.99. The van der Waals surface area contributed by atoms with Crippen molar-refractivity contribution in [3.8, 4) is 0 Å². The molecule has 0 aliphatic rings. The minimum absolute atomic E-state index is 0. The Hall–Kier alpha value is -1.07.